The Morgan fingerprint density at radius 3 is 2.67 bits per heavy atom. The van der Waals surface area contributed by atoms with Crippen molar-refractivity contribution in [2.24, 2.45) is 5.16 Å². The molecule has 64 valence electrons. The van der Waals surface area contributed by atoms with Crippen LogP contribution in [0.15, 0.2) is 40.4 Å². The Bertz CT molecular complexity index is 284. The van der Waals surface area contributed by atoms with Gasteiger partial charge in [-0.15, -0.1) is 5.16 Å². The fraction of sp³-hybridized carbons (Fsp3) is 0.125. The molecule has 0 aliphatic rings. The van der Waals surface area contributed by atoms with Crippen molar-refractivity contribution in [1.82, 2.24) is 0 Å². The third kappa shape index (κ3) is 2.47. The maximum Gasteiger partial charge on any atom is 0.0669 e. The van der Waals surface area contributed by atoms with E-state index >= 15 is 0 Å². The molecule has 0 radical (unpaired) electrons. The molecule has 0 heterocycles. The molecular weight excluding hydrogens is 174 g/mol. The van der Waals surface area contributed by atoms with E-state index in [4.69, 9.17) is 5.21 Å². The van der Waals surface area contributed by atoms with Gasteiger partial charge in [-0.05, 0) is 12.1 Å². The van der Waals surface area contributed by atoms with E-state index < -0.39 is 10.8 Å². The standard InChI is InChI=1S/C8H9NO2S/c10-9-6-7-12(11)8-4-2-1-3-5-8/h1-6,10H,7H2. The Balaban J connectivity index is 2.66. The molecule has 1 N–H and O–H groups in total. The van der Waals surface area contributed by atoms with E-state index in [1.807, 2.05) is 18.2 Å². The number of hydrogen-bond donors (Lipinski definition) is 1. The molecule has 0 fully saturated rings. The van der Waals surface area contributed by atoms with Crippen LogP contribution in [0.4, 0.5) is 0 Å². The minimum absolute atomic E-state index is 0.251. The van der Waals surface area contributed by atoms with Crippen molar-refractivity contribution in [2.75, 3.05) is 5.75 Å². The second-order valence-electron chi connectivity index (χ2n) is 2.12. The van der Waals surface area contributed by atoms with Crippen molar-refractivity contribution in [3.05, 3.63) is 30.3 Å². The fourth-order valence-corrected chi connectivity index (χ4v) is 1.62. The minimum Gasteiger partial charge on any atom is -0.411 e. The second kappa shape index (κ2) is 4.66. The summed E-state index contributed by atoms with van der Waals surface area (Å²) in [7, 11) is -1.09. The fourth-order valence-electron chi connectivity index (χ4n) is 0.770. The summed E-state index contributed by atoms with van der Waals surface area (Å²) < 4.78 is 11.3. The van der Waals surface area contributed by atoms with Gasteiger partial charge in [-0.25, -0.2) is 0 Å². The van der Waals surface area contributed by atoms with E-state index in [-0.39, 0.29) is 5.75 Å². The van der Waals surface area contributed by atoms with Gasteiger partial charge in [0.1, 0.15) is 0 Å². The number of hydrogen-bond acceptors (Lipinski definition) is 3. The first kappa shape index (κ1) is 8.93. The zero-order valence-corrected chi connectivity index (χ0v) is 7.20. The molecule has 0 bridgehead atoms. The molecule has 4 heteroatoms. The maximum atomic E-state index is 11.3. The average Bonchev–Trinajstić information content (AvgIpc) is 2.15. The SMILES string of the molecule is O=S(CC=NO)c1ccccc1. The number of nitrogens with zero attached hydrogens (tertiary/aromatic N) is 1. The Morgan fingerprint density at radius 1 is 1.42 bits per heavy atom. The van der Waals surface area contributed by atoms with Crippen LogP contribution in [0.2, 0.25) is 0 Å². The first-order chi connectivity index (χ1) is 5.84. The predicted molar refractivity (Wildman–Crippen MR) is 48.0 cm³/mol. The predicted octanol–water partition coefficient (Wildman–Crippen LogP) is 1.25. The van der Waals surface area contributed by atoms with Gasteiger partial charge in [0.2, 0.25) is 0 Å². The lowest BCUT2D eigenvalue weighted by molar-refractivity contribution is 0.321. The Morgan fingerprint density at radius 2 is 2.08 bits per heavy atom. The lowest BCUT2D eigenvalue weighted by atomic mass is 10.4. The summed E-state index contributed by atoms with van der Waals surface area (Å²) in [6.07, 6.45) is 1.23. The second-order valence-corrected chi connectivity index (χ2v) is 3.62. The zero-order chi connectivity index (χ0) is 8.81. The Kier molecular flexibility index (Phi) is 3.47. The summed E-state index contributed by atoms with van der Waals surface area (Å²) >= 11 is 0. The van der Waals surface area contributed by atoms with E-state index in [0.717, 1.165) is 4.90 Å². The number of benzene rings is 1. The summed E-state index contributed by atoms with van der Waals surface area (Å²) in [6.45, 7) is 0. The molecule has 0 saturated carbocycles. The molecule has 1 unspecified atom stereocenters. The van der Waals surface area contributed by atoms with Gasteiger partial charge in [0.05, 0.1) is 22.8 Å². The average molecular weight is 183 g/mol. The third-order valence-corrected chi connectivity index (χ3v) is 2.56. The van der Waals surface area contributed by atoms with Gasteiger partial charge < -0.3 is 5.21 Å². The van der Waals surface area contributed by atoms with Crippen molar-refractivity contribution in [3.63, 3.8) is 0 Å². The summed E-state index contributed by atoms with van der Waals surface area (Å²) in [4.78, 5) is 0.748. The van der Waals surface area contributed by atoms with Crippen LogP contribution in [0.3, 0.4) is 0 Å². The summed E-state index contributed by atoms with van der Waals surface area (Å²) in [6, 6.07) is 9.07. The van der Waals surface area contributed by atoms with Crippen molar-refractivity contribution < 1.29 is 9.42 Å². The summed E-state index contributed by atoms with van der Waals surface area (Å²) in [5.74, 6) is 0.251. The molecule has 0 aliphatic heterocycles. The highest BCUT2D eigenvalue weighted by molar-refractivity contribution is 7.85. The lowest BCUT2D eigenvalue weighted by Gasteiger charge is -1.95. The van der Waals surface area contributed by atoms with Gasteiger partial charge in [0, 0.05) is 4.90 Å². The van der Waals surface area contributed by atoms with Crippen LogP contribution in [0, 0.1) is 0 Å². The van der Waals surface area contributed by atoms with Crippen LogP contribution in [-0.2, 0) is 10.8 Å². The molecule has 12 heavy (non-hydrogen) atoms. The highest BCUT2D eigenvalue weighted by Crippen LogP contribution is 2.03. The Labute approximate surface area is 73.2 Å². The third-order valence-electron chi connectivity index (χ3n) is 1.31. The van der Waals surface area contributed by atoms with Crippen LogP contribution in [0.1, 0.15) is 0 Å². The molecule has 0 amide bonds. The molecule has 3 nitrogen and oxygen atoms in total. The molecule has 1 aromatic carbocycles. The molecule has 0 aromatic heterocycles. The molecule has 1 aromatic rings. The van der Waals surface area contributed by atoms with Gasteiger partial charge in [0.25, 0.3) is 0 Å². The van der Waals surface area contributed by atoms with Gasteiger partial charge in [-0.3, -0.25) is 4.21 Å². The highest BCUT2D eigenvalue weighted by Gasteiger charge is 1.99. The van der Waals surface area contributed by atoms with Crippen LogP contribution < -0.4 is 0 Å². The van der Waals surface area contributed by atoms with Gasteiger partial charge in [-0.1, -0.05) is 18.2 Å². The Hall–Kier alpha value is -1.16. The first-order valence-corrected chi connectivity index (χ1v) is 4.76. The number of oxime groups is 1. The smallest absolute Gasteiger partial charge is 0.0669 e. The van der Waals surface area contributed by atoms with Crippen molar-refractivity contribution in [2.45, 2.75) is 4.90 Å². The quantitative estimate of drug-likeness (QED) is 0.435. The van der Waals surface area contributed by atoms with Crippen LogP contribution >= 0.6 is 0 Å². The van der Waals surface area contributed by atoms with Gasteiger partial charge >= 0.3 is 0 Å². The molecule has 0 saturated heterocycles. The molecule has 0 aliphatic carbocycles. The lowest BCUT2D eigenvalue weighted by Crippen LogP contribution is -1.98. The molecule has 1 rings (SSSR count). The normalized spacial score (nSPS) is 13.3. The molecular formula is C8H9NO2S. The van der Waals surface area contributed by atoms with E-state index in [0.29, 0.717) is 0 Å². The van der Waals surface area contributed by atoms with Gasteiger partial charge in [0.15, 0.2) is 0 Å². The summed E-state index contributed by atoms with van der Waals surface area (Å²) in [5.41, 5.74) is 0. The largest absolute Gasteiger partial charge is 0.411 e. The highest BCUT2D eigenvalue weighted by atomic mass is 32.2. The minimum atomic E-state index is -1.09. The molecule has 1 atom stereocenters. The van der Waals surface area contributed by atoms with E-state index in [1.165, 1.54) is 6.21 Å². The monoisotopic (exact) mass is 183 g/mol. The van der Waals surface area contributed by atoms with Crippen molar-refractivity contribution in [3.8, 4) is 0 Å². The van der Waals surface area contributed by atoms with Crippen molar-refractivity contribution in [1.29, 1.82) is 0 Å². The van der Waals surface area contributed by atoms with Gasteiger partial charge in [-0.2, -0.15) is 0 Å². The van der Waals surface area contributed by atoms with Crippen LogP contribution in [0.25, 0.3) is 0 Å². The van der Waals surface area contributed by atoms with E-state index in [1.54, 1.807) is 12.1 Å². The van der Waals surface area contributed by atoms with Crippen molar-refractivity contribution >= 4 is 17.0 Å². The zero-order valence-electron chi connectivity index (χ0n) is 6.38. The van der Waals surface area contributed by atoms with Crippen LogP contribution in [0.5, 0.6) is 0 Å². The van der Waals surface area contributed by atoms with Crippen LogP contribution in [-0.4, -0.2) is 21.4 Å². The van der Waals surface area contributed by atoms with E-state index in [2.05, 4.69) is 5.16 Å². The first-order valence-electron chi connectivity index (χ1n) is 3.44. The van der Waals surface area contributed by atoms with E-state index in [9.17, 15) is 4.21 Å². The number of rotatable bonds is 3. The topological polar surface area (TPSA) is 49.7 Å². The summed E-state index contributed by atoms with van der Waals surface area (Å²) in [5, 5.41) is 10.9. The molecule has 0 spiro atoms. The maximum absolute atomic E-state index is 11.3.